The fourth-order valence-electron chi connectivity index (χ4n) is 5.18. The first-order valence-electron chi connectivity index (χ1n) is 13.5. The molecule has 43 heavy (non-hydrogen) atoms. The summed E-state index contributed by atoms with van der Waals surface area (Å²) in [5, 5.41) is 44.1. The molecule has 0 bridgehead atoms. The van der Waals surface area contributed by atoms with Gasteiger partial charge >= 0.3 is 17.9 Å². The number of aliphatic hydroxyl groups is 2. The van der Waals surface area contributed by atoms with E-state index in [1.54, 1.807) is 33.6 Å². The fraction of sp³-hybridized carbons (Fsp3) is 0.483. The number of pyridine rings is 1. The van der Waals surface area contributed by atoms with Gasteiger partial charge < -0.3 is 44.5 Å². The lowest BCUT2D eigenvalue weighted by Gasteiger charge is -2.37. The number of hydrogen-bond acceptors (Lipinski definition) is 11. The van der Waals surface area contributed by atoms with Crippen LogP contribution in [0.25, 0.3) is 0 Å². The number of fused-ring (bicyclic) bond motifs is 3. The lowest BCUT2D eigenvalue weighted by Crippen LogP contribution is -2.42. The molecule has 2 aliphatic rings. The maximum atomic E-state index is 10.3. The van der Waals surface area contributed by atoms with E-state index in [-0.39, 0.29) is 18.1 Å². The second-order valence-electron chi connectivity index (χ2n) is 10.0. The van der Waals surface area contributed by atoms with Crippen molar-refractivity contribution in [2.24, 2.45) is 4.99 Å². The normalized spacial score (nSPS) is 18.9. The van der Waals surface area contributed by atoms with E-state index in [0.29, 0.717) is 36.2 Å². The second kappa shape index (κ2) is 14.2. The summed E-state index contributed by atoms with van der Waals surface area (Å²) in [5.41, 5.74) is 0.950. The van der Waals surface area contributed by atoms with Gasteiger partial charge in [-0.1, -0.05) is 0 Å². The Morgan fingerprint density at radius 3 is 2.09 bits per heavy atom. The minimum atomic E-state index is -2.74. The molecule has 0 saturated heterocycles. The van der Waals surface area contributed by atoms with Crippen molar-refractivity contribution in [2.45, 2.75) is 62.7 Å². The molecule has 14 heteroatoms. The van der Waals surface area contributed by atoms with Crippen LogP contribution in [0.2, 0.25) is 0 Å². The van der Waals surface area contributed by atoms with Crippen LogP contribution in [-0.2, 0) is 14.4 Å². The first-order chi connectivity index (χ1) is 20.4. The molecule has 2 aromatic rings. The van der Waals surface area contributed by atoms with Gasteiger partial charge in [0.1, 0.15) is 5.75 Å². The van der Waals surface area contributed by atoms with Gasteiger partial charge in [-0.2, -0.15) is 0 Å². The van der Waals surface area contributed by atoms with Crippen molar-refractivity contribution in [3.8, 4) is 23.1 Å². The summed E-state index contributed by atoms with van der Waals surface area (Å²) >= 11 is 0. The molecular weight excluding hydrogens is 568 g/mol. The highest BCUT2D eigenvalue weighted by Gasteiger charge is 2.41. The van der Waals surface area contributed by atoms with Crippen molar-refractivity contribution < 1.29 is 58.9 Å². The summed E-state index contributed by atoms with van der Waals surface area (Å²) in [6.07, 6.45) is 1.40. The van der Waals surface area contributed by atoms with Gasteiger partial charge in [0, 0.05) is 23.7 Å². The molecule has 3 atom stereocenters. The fourth-order valence-corrected chi connectivity index (χ4v) is 5.18. The molecule has 0 spiro atoms. The van der Waals surface area contributed by atoms with Gasteiger partial charge in [0.15, 0.2) is 17.1 Å². The molecule has 1 aliphatic heterocycles. The topological polar surface area (TPSA) is 215 Å². The number of carboxylic acids is 3. The monoisotopic (exact) mass is 604 g/mol. The number of hydrogen-bond donors (Lipinski definition) is 5. The van der Waals surface area contributed by atoms with Crippen LogP contribution in [0, 0.1) is 0 Å². The number of benzene rings is 1. The minimum absolute atomic E-state index is 0.0885. The van der Waals surface area contributed by atoms with Gasteiger partial charge in [0.25, 0.3) is 0 Å². The summed E-state index contributed by atoms with van der Waals surface area (Å²) in [5.74, 6) is -2.40. The predicted molar refractivity (Wildman–Crippen MR) is 151 cm³/mol. The average Bonchev–Trinajstić information content (AvgIpc) is 2.95. The molecule has 2 heterocycles. The van der Waals surface area contributed by atoms with E-state index in [1.807, 2.05) is 19.1 Å². The second-order valence-corrected chi connectivity index (χ2v) is 10.0. The molecule has 1 fully saturated rings. The zero-order chi connectivity index (χ0) is 31.9. The molecule has 1 saturated carbocycles. The van der Waals surface area contributed by atoms with Crippen molar-refractivity contribution in [1.29, 1.82) is 0 Å². The number of aliphatic imine (C=N–C) groups is 1. The molecule has 4 rings (SSSR count). The maximum Gasteiger partial charge on any atom is 0.336 e. The first kappa shape index (κ1) is 33.1. The number of aliphatic hydroxyl groups excluding tert-OH is 1. The van der Waals surface area contributed by atoms with E-state index in [0.717, 1.165) is 35.2 Å². The Labute approximate surface area is 247 Å². The van der Waals surface area contributed by atoms with Crippen LogP contribution in [0.1, 0.15) is 61.6 Å². The third kappa shape index (κ3) is 7.70. The molecule has 0 radical (unpaired) electrons. The molecule has 5 N–H and O–H groups in total. The van der Waals surface area contributed by atoms with Crippen molar-refractivity contribution in [1.82, 2.24) is 4.98 Å². The van der Waals surface area contributed by atoms with Crippen LogP contribution in [0.15, 0.2) is 29.4 Å². The zero-order valence-electron chi connectivity index (χ0n) is 24.3. The van der Waals surface area contributed by atoms with Crippen LogP contribution in [-0.4, -0.2) is 99.8 Å². The van der Waals surface area contributed by atoms with Crippen molar-refractivity contribution in [3.63, 3.8) is 0 Å². The molecular formula is C29H36N2O12. The van der Waals surface area contributed by atoms with E-state index in [2.05, 4.69) is 4.98 Å². The smallest absolute Gasteiger partial charge is 0.336 e. The van der Waals surface area contributed by atoms with Gasteiger partial charge in [0.2, 0.25) is 5.88 Å². The number of methoxy groups -OCH3 is 3. The van der Waals surface area contributed by atoms with Crippen LogP contribution in [0.4, 0.5) is 0 Å². The Morgan fingerprint density at radius 2 is 1.56 bits per heavy atom. The van der Waals surface area contributed by atoms with E-state index in [4.69, 9.17) is 44.4 Å². The van der Waals surface area contributed by atoms with Crippen molar-refractivity contribution >= 4 is 23.6 Å². The zero-order valence-corrected chi connectivity index (χ0v) is 24.3. The van der Waals surface area contributed by atoms with Gasteiger partial charge in [-0.15, -0.1) is 0 Å². The number of rotatable bonds is 11. The molecule has 1 aliphatic carbocycles. The van der Waals surface area contributed by atoms with E-state index in [9.17, 15) is 19.5 Å². The van der Waals surface area contributed by atoms with Crippen molar-refractivity contribution in [3.05, 3.63) is 41.1 Å². The largest absolute Gasteiger partial charge is 0.496 e. The lowest BCUT2D eigenvalue weighted by atomic mass is 9.74. The van der Waals surface area contributed by atoms with Gasteiger partial charge in [0.05, 0.1) is 64.2 Å². The number of carboxylic acid groups (broad SMARTS) is 3. The summed E-state index contributed by atoms with van der Waals surface area (Å²) in [7, 11) is 4.83. The molecule has 234 valence electrons. The summed E-state index contributed by atoms with van der Waals surface area (Å²) in [6.45, 7) is 2.50. The quantitative estimate of drug-likeness (QED) is 0.249. The highest BCUT2D eigenvalue weighted by Crippen LogP contribution is 2.45. The number of aliphatic carboxylic acids is 3. The first-order valence-corrected chi connectivity index (χ1v) is 13.5. The highest BCUT2D eigenvalue weighted by atomic mass is 16.5. The summed E-state index contributed by atoms with van der Waals surface area (Å²) in [4.78, 5) is 40.0. The van der Waals surface area contributed by atoms with E-state index >= 15 is 0 Å². The number of aromatic nitrogens is 1. The van der Waals surface area contributed by atoms with Crippen LogP contribution < -0.4 is 18.9 Å². The number of ether oxygens (including phenoxy) is 4. The third-order valence-electron chi connectivity index (χ3n) is 7.18. The number of carbonyl (C=O) groups is 3. The summed E-state index contributed by atoms with van der Waals surface area (Å²) < 4.78 is 22.3. The van der Waals surface area contributed by atoms with E-state index < -0.39 is 36.4 Å². The highest BCUT2D eigenvalue weighted by molar-refractivity contribution is 6.16. The third-order valence-corrected chi connectivity index (χ3v) is 7.18. The van der Waals surface area contributed by atoms with Crippen LogP contribution in [0.5, 0.6) is 23.1 Å². The Hall–Kier alpha value is -4.43. The van der Waals surface area contributed by atoms with Gasteiger partial charge in [-0.05, 0) is 43.9 Å². The van der Waals surface area contributed by atoms with E-state index in [1.165, 1.54) is 0 Å². The van der Waals surface area contributed by atoms with Crippen molar-refractivity contribution in [2.75, 3.05) is 27.9 Å². The Kier molecular flexibility index (Phi) is 10.9. The Balaban J connectivity index is 0.000000331. The maximum absolute atomic E-state index is 10.3. The van der Waals surface area contributed by atoms with Crippen LogP contribution in [0.3, 0.4) is 0 Å². The summed E-state index contributed by atoms with van der Waals surface area (Å²) in [6, 6.07) is 5.87. The molecule has 1 aromatic carbocycles. The number of nitrogens with zero attached hydrogens (tertiary/aromatic N) is 2. The minimum Gasteiger partial charge on any atom is -0.496 e. The van der Waals surface area contributed by atoms with Gasteiger partial charge in [-0.3, -0.25) is 14.6 Å². The molecule has 0 unspecified atom stereocenters. The molecule has 1 aromatic heterocycles. The van der Waals surface area contributed by atoms with Gasteiger partial charge in [-0.25, -0.2) is 9.78 Å². The molecule has 0 amide bonds. The molecule has 14 nitrogen and oxygen atoms in total. The Bertz CT molecular complexity index is 1360. The lowest BCUT2D eigenvalue weighted by molar-refractivity contribution is -0.170. The predicted octanol–water partition coefficient (Wildman–Crippen LogP) is 2.11. The standard InChI is InChI=1S/C23H28N2O5.C6H8O7/c1-5-30-21-9-14-15-8-13(26)6-7-18(15)25-23(16(14)10-20(21)28-3)17-12-24-22(29-4)11-19(17)27-2;7-3(8)1-6(13,5(11)12)2-4(9)10/h9-13,15,18,26H,5-8H2,1-4H3;13H,1-2H2,(H,7,8)(H,9,10)(H,11,12)/t13-,15-,18-;/m1./s1. The SMILES string of the molecule is CCOc1cc2c(cc1OC)C(c1cnc(OC)cc1OC)=N[C@@H]1CC[C@@H](O)C[C@H]21.O=C(O)CC(O)(CC(=O)O)C(=O)O. The Morgan fingerprint density at radius 1 is 0.907 bits per heavy atom. The van der Waals surface area contributed by atoms with Crippen LogP contribution >= 0.6 is 0 Å². The average molecular weight is 605 g/mol.